The van der Waals surface area contributed by atoms with Gasteiger partial charge in [0.15, 0.2) is 0 Å². The lowest BCUT2D eigenvalue weighted by Crippen LogP contribution is -2.10. The number of hydrogen-bond donors (Lipinski definition) is 0. The summed E-state index contributed by atoms with van der Waals surface area (Å²) in [5.41, 5.74) is 11.8. The topological polar surface area (TPSA) is 48.0 Å². The molecule has 0 bridgehead atoms. The Hall–Kier alpha value is -6.85. The largest absolute Gasteiger partial charge is 0.294 e. The molecule has 0 radical (unpaired) electrons. The zero-order chi connectivity index (χ0) is 37.0. The van der Waals surface area contributed by atoms with Crippen LogP contribution in [0, 0.1) is 0 Å². The van der Waals surface area contributed by atoms with Crippen molar-refractivity contribution in [1.29, 1.82) is 0 Å². The first kappa shape index (κ1) is 32.6. The molecule has 268 valence electrons. The molecule has 11 rings (SSSR count). The van der Waals surface area contributed by atoms with Crippen LogP contribution in [0.5, 0.6) is 0 Å². The molecule has 0 amide bonds. The van der Waals surface area contributed by atoms with Gasteiger partial charge in [0.1, 0.15) is 11.6 Å². The first-order chi connectivity index (χ1) is 27.8. The summed E-state index contributed by atoms with van der Waals surface area (Å²) in [6.45, 7) is 0. The average molecular weight is 722 g/mol. The van der Waals surface area contributed by atoms with Crippen LogP contribution in [0.1, 0.15) is 60.2 Å². The summed E-state index contributed by atoms with van der Waals surface area (Å²) in [5.74, 6) is 2.17. The minimum atomic E-state index is 0.118. The molecule has 4 aromatic heterocycles. The summed E-state index contributed by atoms with van der Waals surface area (Å²) >= 11 is 0. The normalized spacial score (nSPS) is 18.0. The predicted molar refractivity (Wildman–Crippen MR) is 231 cm³/mol. The zero-order valence-corrected chi connectivity index (χ0v) is 31.0. The van der Waals surface area contributed by atoms with Crippen LogP contribution in [0.3, 0.4) is 0 Å². The van der Waals surface area contributed by atoms with Crippen molar-refractivity contribution in [2.45, 2.75) is 37.5 Å². The lowest BCUT2D eigenvalue weighted by Gasteiger charge is -2.23. The molecule has 4 heterocycles. The van der Waals surface area contributed by atoms with Crippen LogP contribution in [-0.2, 0) is 0 Å². The van der Waals surface area contributed by atoms with E-state index in [9.17, 15) is 0 Å². The highest BCUT2D eigenvalue weighted by atomic mass is 15.2. The van der Waals surface area contributed by atoms with E-state index in [1.807, 2.05) is 0 Å². The van der Waals surface area contributed by atoms with E-state index < -0.39 is 0 Å². The minimum Gasteiger partial charge on any atom is -0.294 e. The van der Waals surface area contributed by atoms with Crippen molar-refractivity contribution < 1.29 is 0 Å². The van der Waals surface area contributed by atoms with Crippen LogP contribution in [0.25, 0.3) is 66.3 Å². The smallest absolute Gasteiger partial charge is 0.141 e. The van der Waals surface area contributed by atoms with Gasteiger partial charge in [-0.05, 0) is 54.3 Å². The maximum atomic E-state index is 5.32. The molecule has 0 saturated carbocycles. The highest BCUT2D eigenvalue weighted by Gasteiger charge is 2.26. The number of pyridine rings is 1. The van der Waals surface area contributed by atoms with E-state index in [1.54, 1.807) is 0 Å². The third kappa shape index (κ3) is 5.34. The number of nitrogens with zero attached hydrogens (tertiary/aromatic N) is 5. The standard InChI is InChI=1S/C51H39N5/c1-4-16-34(17-5-1)43-33-52-56-49(37-18-6-2-7-19-37)48(41-24-10-11-25-42(41)50(43)56)36-30-28-35(29-31-36)44-32-47(54-51(53-44)38-20-8-3-9-21-38)55-45-26-14-12-22-39(45)40-23-13-15-27-46(40)55/h1-16,18-20,22-28,30,32-34,38H,17,21,29,31H2. The molecule has 0 saturated heterocycles. The minimum absolute atomic E-state index is 0.118. The van der Waals surface area contributed by atoms with Crippen molar-refractivity contribution >= 4 is 49.2 Å². The number of benzene rings is 4. The number of para-hydroxylation sites is 2. The highest BCUT2D eigenvalue weighted by molar-refractivity contribution is 6.10. The third-order valence-corrected chi connectivity index (χ3v) is 11.8. The van der Waals surface area contributed by atoms with Crippen LogP contribution >= 0.6 is 0 Å². The lowest BCUT2D eigenvalue weighted by molar-refractivity contribution is 0.760. The van der Waals surface area contributed by atoms with Gasteiger partial charge in [-0.3, -0.25) is 4.57 Å². The first-order valence-corrected chi connectivity index (χ1v) is 19.7. The second-order valence-electron chi connectivity index (χ2n) is 15.0. The van der Waals surface area contributed by atoms with E-state index in [4.69, 9.17) is 15.1 Å². The number of rotatable bonds is 6. The Kier molecular flexibility index (Phi) is 7.83. The van der Waals surface area contributed by atoms with Crippen molar-refractivity contribution in [1.82, 2.24) is 24.1 Å². The predicted octanol–water partition coefficient (Wildman–Crippen LogP) is 12.5. The Morgan fingerprint density at radius 3 is 1.88 bits per heavy atom. The van der Waals surface area contributed by atoms with Gasteiger partial charge in [0.2, 0.25) is 0 Å². The van der Waals surface area contributed by atoms with E-state index >= 15 is 0 Å². The van der Waals surface area contributed by atoms with E-state index in [-0.39, 0.29) is 5.92 Å². The molecule has 5 heteroatoms. The molecule has 3 aliphatic rings. The molecule has 5 nitrogen and oxygen atoms in total. The van der Waals surface area contributed by atoms with Crippen molar-refractivity contribution in [2.75, 3.05) is 0 Å². The molecule has 0 N–H and O–H groups in total. The van der Waals surface area contributed by atoms with Gasteiger partial charge in [0.25, 0.3) is 0 Å². The average Bonchev–Trinajstić information content (AvgIpc) is 3.87. The van der Waals surface area contributed by atoms with Crippen molar-refractivity contribution in [3.63, 3.8) is 0 Å². The molecule has 4 aromatic carbocycles. The highest BCUT2D eigenvalue weighted by Crippen LogP contribution is 2.44. The van der Waals surface area contributed by atoms with Crippen molar-refractivity contribution in [3.05, 3.63) is 199 Å². The second kappa shape index (κ2) is 13.5. The lowest BCUT2D eigenvalue weighted by atomic mass is 9.85. The Morgan fingerprint density at radius 2 is 1.20 bits per heavy atom. The van der Waals surface area contributed by atoms with Crippen LogP contribution in [-0.4, -0.2) is 24.1 Å². The Bertz CT molecular complexity index is 2980. The zero-order valence-electron chi connectivity index (χ0n) is 31.0. The molecule has 2 unspecified atom stereocenters. The number of aromatic nitrogens is 5. The van der Waals surface area contributed by atoms with Gasteiger partial charge >= 0.3 is 0 Å². The second-order valence-corrected chi connectivity index (χ2v) is 15.0. The van der Waals surface area contributed by atoms with Gasteiger partial charge in [-0.25, -0.2) is 14.5 Å². The summed E-state index contributed by atoms with van der Waals surface area (Å²) in [7, 11) is 0. The van der Waals surface area contributed by atoms with E-state index in [0.29, 0.717) is 5.92 Å². The fraction of sp³-hybridized carbons (Fsp3) is 0.118. The number of hydrogen-bond acceptors (Lipinski definition) is 3. The van der Waals surface area contributed by atoms with Crippen LogP contribution in [0.4, 0.5) is 0 Å². The quantitative estimate of drug-likeness (QED) is 0.172. The molecular weight excluding hydrogens is 683 g/mol. The van der Waals surface area contributed by atoms with Gasteiger partial charge in [0, 0.05) is 50.8 Å². The first-order valence-electron chi connectivity index (χ1n) is 19.7. The van der Waals surface area contributed by atoms with Gasteiger partial charge < -0.3 is 0 Å². The third-order valence-electron chi connectivity index (χ3n) is 11.8. The summed E-state index contributed by atoms with van der Waals surface area (Å²) in [4.78, 5) is 10.6. The van der Waals surface area contributed by atoms with Gasteiger partial charge in [0.05, 0.1) is 34.1 Å². The summed E-state index contributed by atoms with van der Waals surface area (Å²) in [6, 6.07) is 39.2. The number of fused-ring (bicyclic) bond motifs is 6. The van der Waals surface area contributed by atoms with Crippen LogP contribution < -0.4 is 0 Å². The maximum absolute atomic E-state index is 5.32. The van der Waals surface area contributed by atoms with Crippen molar-refractivity contribution in [3.8, 4) is 17.1 Å². The van der Waals surface area contributed by atoms with Crippen LogP contribution in [0.15, 0.2) is 176 Å². The fourth-order valence-electron chi connectivity index (χ4n) is 9.11. The Balaban J connectivity index is 1.09. The molecule has 2 atom stereocenters. The van der Waals surface area contributed by atoms with Gasteiger partial charge in [-0.15, -0.1) is 0 Å². The van der Waals surface area contributed by atoms with E-state index in [0.717, 1.165) is 65.3 Å². The summed E-state index contributed by atoms with van der Waals surface area (Å²) < 4.78 is 4.53. The SMILES string of the molecule is C1=CCC(c2nc(C3=CC=C(c4c(-c5ccccc5)n5ncc(C6C=CC=CC6)c5c5ccccc45)CC3)cc(-n3c4ccccc4c4ccccc43)n2)C=C1. The van der Waals surface area contributed by atoms with Gasteiger partial charge in [-0.1, -0.05) is 152 Å². The molecule has 0 aliphatic heterocycles. The molecule has 0 fully saturated rings. The molecular formula is C51H39N5. The molecule has 8 aromatic rings. The summed E-state index contributed by atoms with van der Waals surface area (Å²) in [6.07, 6.45) is 27.9. The van der Waals surface area contributed by atoms with Gasteiger partial charge in [-0.2, -0.15) is 5.10 Å². The Morgan fingerprint density at radius 1 is 0.571 bits per heavy atom. The summed E-state index contributed by atoms with van der Waals surface area (Å²) in [5, 5.41) is 10.1. The number of allylic oxidation sites excluding steroid dienone is 12. The Labute approximate surface area is 325 Å². The van der Waals surface area contributed by atoms with E-state index in [1.165, 1.54) is 49.3 Å². The van der Waals surface area contributed by atoms with E-state index in [2.05, 4.69) is 185 Å². The fourth-order valence-corrected chi connectivity index (χ4v) is 9.11. The monoisotopic (exact) mass is 721 g/mol. The maximum Gasteiger partial charge on any atom is 0.141 e. The van der Waals surface area contributed by atoms with Crippen LogP contribution in [0.2, 0.25) is 0 Å². The van der Waals surface area contributed by atoms with Crippen molar-refractivity contribution in [2.24, 2.45) is 0 Å². The molecule has 3 aliphatic carbocycles. The molecule has 0 spiro atoms. The molecule has 56 heavy (non-hydrogen) atoms.